The van der Waals surface area contributed by atoms with Gasteiger partial charge in [-0.2, -0.15) is 0 Å². The lowest BCUT2D eigenvalue weighted by atomic mass is 10.1. The largest absolute Gasteiger partial charge is 0.340 e. The predicted octanol–water partition coefficient (Wildman–Crippen LogP) is 3.11. The van der Waals surface area contributed by atoms with Gasteiger partial charge in [0.1, 0.15) is 0 Å². The Morgan fingerprint density at radius 3 is 1.67 bits per heavy atom. The summed E-state index contributed by atoms with van der Waals surface area (Å²) in [7, 11) is 0. The van der Waals surface area contributed by atoms with E-state index in [9.17, 15) is 9.59 Å². The Hall–Kier alpha value is -2.88. The van der Waals surface area contributed by atoms with E-state index in [1.54, 1.807) is 16.7 Å². The summed E-state index contributed by atoms with van der Waals surface area (Å²) in [6.45, 7) is 3.92. The lowest BCUT2D eigenvalue weighted by Gasteiger charge is -2.18. The number of benzene rings is 2. The minimum absolute atomic E-state index is 0.224. The van der Waals surface area contributed by atoms with Gasteiger partial charge >= 0.3 is 5.69 Å². The molecule has 4 nitrogen and oxygen atoms in total. The van der Waals surface area contributed by atoms with Crippen LogP contribution in [0.2, 0.25) is 0 Å². The molecule has 4 heteroatoms. The first kappa shape index (κ1) is 16.0. The van der Waals surface area contributed by atoms with Crippen LogP contribution in [0.4, 0.5) is 0 Å². The molecule has 0 atom stereocenters. The van der Waals surface area contributed by atoms with Gasteiger partial charge in [-0.3, -0.25) is 9.36 Å². The minimum atomic E-state index is -0.327. The predicted molar refractivity (Wildman–Crippen MR) is 96.4 cm³/mol. The van der Waals surface area contributed by atoms with Gasteiger partial charge in [-0.15, -0.1) is 0 Å². The molecule has 1 heterocycles. The first-order valence-electron chi connectivity index (χ1n) is 8.19. The normalized spacial score (nSPS) is 10.8. The van der Waals surface area contributed by atoms with Crippen LogP contribution in [0.5, 0.6) is 0 Å². The van der Waals surface area contributed by atoms with Gasteiger partial charge in [-0.25, -0.2) is 9.36 Å². The summed E-state index contributed by atoms with van der Waals surface area (Å²) in [5.41, 5.74) is 2.29. The fraction of sp³-hybridized carbons (Fsp3) is 0.200. The Bertz CT molecular complexity index is 955. The summed E-state index contributed by atoms with van der Waals surface area (Å²) in [4.78, 5) is 26.1. The zero-order valence-electron chi connectivity index (χ0n) is 13.9. The van der Waals surface area contributed by atoms with E-state index >= 15 is 0 Å². The summed E-state index contributed by atoms with van der Waals surface area (Å²) in [5, 5.41) is 0. The molecule has 0 spiro atoms. The lowest BCUT2D eigenvalue weighted by molar-refractivity contribution is 0.729. The van der Waals surface area contributed by atoms with E-state index < -0.39 is 0 Å². The molecule has 122 valence electrons. The molecule has 1 aromatic heterocycles. The highest BCUT2D eigenvalue weighted by Crippen LogP contribution is 2.13. The number of hydrogen-bond acceptors (Lipinski definition) is 2. The van der Waals surface area contributed by atoms with Crippen molar-refractivity contribution in [2.45, 2.75) is 26.7 Å². The maximum absolute atomic E-state index is 13.2. The zero-order chi connectivity index (χ0) is 17.1. The Labute approximate surface area is 140 Å². The van der Waals surface area contributed by atoms with Gasteiger partial charge in [0.25, 0.3) is 5.56 Å². The molecule has 0 fully saturated rings. The summed E-state index contributed by atoms with van der Waals surface area (Å²) in [6.07, 6.45) is 1.21. The average Bonchev–Trinajstić information content (AvgIpc) is 2.63. The molecule has 0 aliphatic heterocycles. The summed E-state index contributed by atoms with van der Waals surface area (Å²) < 4.78 is 2.93. The second-order valence-corrected chi connectivity index (χ2v) is 5.56. The van der Waals surface area contributed by atoms with E-state index in [-0.39, 0.29) is 11.2 Å². The van der Waals surface area contributed by atoms with Crippen molar-refractivity contribution in [1.29, 1.82) is 0 Å². The topological polar surface area (TPSA) is 44.0 Å². The molecule has 0 saturated carbocycles. The Morgan fingerprint density at radius 2 is 1.21 bits per heavy atom. The zero-order valence-corrected chi connectivity index (χ0v) is 13.9. The maximum atomic E-state index is 13.2. The van der Waals surface area contributed by atoms with Crippen LogP contribution in [0.25, 0.3) is 11.4 Å². The third kappa shape index (κ3) is 2.60. The van der Waals surface area contributed by atoms with Crippen molar-refractivity contribution in [3.05, 3.63) is 92.8 Å². The number of hydrogen-bond donors (Lipinski definition) is 0. The van der Waals surface area contributed by atoms with Crippen LogP contribution < -0.4 is 11.2 Å². The molecule has 0 aliphatic carbocycles. The van der Waals surface area contributed by atoms with Crippen LogP contribution in [-0.4, -0.2) is 9.13 Å². The van der Waals surface area contributed by atoms with Crippen molar-refractivity contribution in [3.8, 4) is 11.4 Å². The maximum Gasteiger partial charge on any atom is 0.340 e. The van der Waals surface area contributed by atoms with Crippen molar-refractivity contribution in [2.75, 3.05) is 0 Å². The molecule has 0 saturated heterocycles. The number of nitrogens with zero attached hydrogens (tertiary/aromatic N) is 2. The van der Waals surface area contributed by atoms with Gasteiger partial charge in [-0.05, 0) is 37.1 Å². The molecule has 0 bridgehead atoms. The Kier molecular flexibility index (Phi) is 4.47. The molecular weight excluding hydrogens is 300 g/mol. The molecular formula is C20H20N2O2. The summed E-state index contributed by atoms with van der Waals surface area (Å²) in [5.74, 6) is 0. The highest BCUT2D eigenvalue weighted by molar-refractivity contribution is 5.39. The van der Waals surface area contributed by atoms with Gasteiger partial charge in [-0.1, -0.05) is 50.2 Å². The second kappa shape index (κ2) is 6.71. The Balaban J connectivity index is 2.46. The molecule has 2 aromatic carbocycles. The number of aromatic nitrogens is 2. The second-order valence-electron chi connectivity index (χ2n) is 5.56. The van der Waals surface area contributed by atoms with Crippen molar-refractivity contribution in [3.63, 3.8) is 0 Å². The quantitative estimate of drug-likeness (QED) is 0.741. The molecule has 0 unspecified atom stereocenters. The standard InChI is InChI=1S/C20H20N2O2/c1-3-17-18(4-2)21(15-11-7-5-8-12-15)20(24)22(19(17)23)16-13-9-6-10-14-16/h5-14H,3-4H2,1-2H3. The third-order valence-electron chi connectivity index (χ3n) is 4.18. The van der Waals surface area contributed by atoms with E-state index in [4.69, 9.17) is 0 Å². The Morgan fingerprint density at radius 1 is 0.708 bits per heavy atom. The van der Waals surface area contributed by atoms with E-state index in [0.29, 0.717) is 24.1 Å². The van der Waals surface area contributed by atoms with Crippen molar-refractivity contribution < 1.29 is 0 Å². The lowest BCUT2D eigenvalue weighted by Crippen LogP contribution is -2.42. The number of para-hydroxylation sites is 2. The SMILES string of the molecule is CCc1c(CC)n(-c2ccccc2)c(=O)n(-c2ccccc2)c1=O. The van der Waals surface area contributed by atoms with E-state index in [2.05, 4.69) is 0 Å². The molecule has 24 heavy (non-hydrogen) atoms. The van der Waals surface area contributed by atoms with E-state index in [1.807, 2.05) is 62.4 Å². The number of rotatable bonds is 4. The fourth-order valence-electron chi connectivity index (χ4n) is 3.07. The average molecular weight is 320 g/mol. The molecule has 3 rings (SSSR count). The van der Waals surface area contributed by atoms with Crippen LogP contribution in [0.15, 0.2) is 70.3 Å². The van der Waals surface area contributed by atoms with E-state index in [0.717, 1.165) is 11.4 Å². The first-order valence-corrected chi connectivity index (χ1v) is 8.19. The fourth-order valence-corrected chi connectivity index (χ4v) is 3.07. The minimum Gasteiger partial charge on any atom is -0.268 e. The molecule has 3 aromatic rings. The molecule has 0 N–H and O–H groups in total. The van der Waals surface area contributed by atoms with Crippen molar-refractivity contribution in [1.82, 2.24) is 9.13 Å². The molecule has 0 aliphatic rings. The summed E-state index contributed by atoms with van der Waals surface area (Å²) in [6, 6.07) is 18.6. The van der Waals surface area contributed by atoms with E-state index in [1.165, 1.54) is 4.57 Å². The monoisotopic (exact) mass is 320 g/mol. The van der Waals surface area contributed by atoms with Gasteiger partial charge in [0.05, 0.1) is 11.4 Å². The van der Waals surface area contributed by atoms with Gasteiger partial charge in [0.15, 0.2) is 0 Å². The van der Waals surface area contributed by atoms with Gasteiger partial charge in [0.2, 0.25) is 0 Å². The third-order valence-corrected chi connectivity index (χ3v) is 4.18. The first-order chi connectivity index (χ1) is 11.7. The van der Waals surface area contributed by atoms with Crippen LogP contribution in [0, 0.1) is 0 Å². The summed E-state index contributed by atoms with van der Waals surface area (Å²) >= 11 is 0. The van der Waals surface area contributed by atoms with Gasteiger partial charge < -0.3 is 0 Å². The van der Waals surface area contributed by atoms with Crippen LogP contribution in [-0.2, 0) is 12.8 Å². The highest BCUT2D eigenvalue weighted by Gasteiger charge is 2.18. The van der Waals surface area contributed by atoms with Gasteiger partial charge in [0, 0.05) is 11.3 Å². The highest BCUT2D eigenvalue weighted by atomic mass is 16.2. The molecule has 0 amide bonds. The van der Waals surface area contributed by atoms with Crippen molar-refractivity contribution in [2.24, 2.45) is 0 Å². The molecule has 0 radical (unpaired) electrons. The van der Waals surface area contributed by atoms with Crippen LogP contribution in [0.3, 0.4) is 0 Å². The van der Waals surface area contributed by atoms with Crippen molar-refractivity contribution >= 4 is 0 Å². The van der Waals surface area contributed by atoms with Crippen LogP contribution in [0.1, 0.15) is 25.1 Å². The smallest absolute Gasteiger partial charge is 0.268 e. The van der Waals surface area contributed by atoms with Crippen LogP contribution >= 0.6 is 0 Å².